The van der Waals surface area contributed by atoms with Gasteiger partial charge in [0.05, 0.1) is 5.76 Å². The molecule has 0 saturated heterocycles. The average molecular weight is 269 g/mol. The maximum absolute atomic E-state index is 6.55. The Morgan fingerprint density at radius 1 is 1.17 bits per heavy atom. The molecule has 0 aliphatic heterocycles. The number of allylic oxidation sites excluding steroid dienone is 2. The monoisotopic (exact) mass is 268 g/mol. The Morgan fingerprint density at radius 2 is 1.72 bits per heavy atom. The van der Waals surface area contributed by atoms with Crippen molar-refractivity contribution in [1.82, 2.24) is 0 Å². The Kier molecular flexibility index (Phi) is 5.51. The predicted octanol–water partition coefficient (Wildman–Crippen LogP) is 5.74. The molecular weight excluding hydrogens is 236 g/mol. The molecule has 2 heteroatoms. The van der Waals surface area contributed by atoms with Crippen LogP contribution in [-0.4, -0.2) is 8.32 Å². The van der Waals surface area contributed by atoms with Gasteiger partial charge in [0.2, 0.25) is 8.32 Å². The van der Waals surface area contributed by atoms with Crippen molar-refractivity contribution < 1.29 is 4.43 Å². The molecule has 1 aliphatic carbocycles. The number of hydrogen-bond donors (Lipinski definition) is 0. The zero-order valence-corrected chi connectivity index (χ0v) is 14.3. The Bertz CT molecular complexity index is 276. The van der Waals surface area contributed by atoms with Gasteiger partial charge in [0.1, 0.15) is 0 Å². The maximum Gasteiger partial charge on any atom is 0.250 e. The largest absolute Gasteiger partial charge is 0.547 e. The molecule has 0 aromatic rings. The van der Waals surface area contributed by atoms with Crippen LogP contribution in [0.2, 0.25) is 18.1 Å². The first-order chi connectivity index (χ1) is 8.37. The molecular formula is C16H32OSi. The third kappa shape index (κ3) is 3.88. The summed E-state index contributed by atoms with van der Waals surface area (Å²) >= 11 is 0. The summed E-state index contributed by atoms with van der Waals surface area (Å²) in [5, 5.41) is 0. The van der Waals surface area contributed by atoms with Crippen molar-refractivity contribution in [1.29, 1.82) is 0 Å². The Labute approximate surface area is 115 Å². The van der Waals surface area contributed by atoms with Gasteiger partial charge in [-0.3, -0.25) is 0 Å². The van der Waals surface area contributed by atoms with E-state index in [0.717, 1.165) is 0 Å². The summed E-state index contributed by atoms with van der Waals surface area (Å²) in [5.41, 5.74) is 0.379. The second-order valence-electron chi connectivity index (χ2n) is 6.84. The molecule has 0 bridgehead atoms. The van der Waals surface area contributed by atoms with Crippen LogP contribution in [0.5, 0.6) is 0 Å². The van der Waals surface area contributed by atoms with E-state index in [4.69, 9.17) is 4.43 Å². The Balaban J connectivity index is 2.80. The van der Waals surface area contributed by atoms with Gasteiger partial charge in [-0.05, 0) is 48.4 Å². The molecule has 0 spiro atoms. The van der Waals surface area contributed by atoms with Gasteiger partial charge >= 0.3 is 0 Å². The van der Waals surface area contributed by atoms with E-state index in [-0.39, 0.29) is 0 Å². The first-order valence-corrected chi connectivity index (χ1v) is 10.3. The minimum absolute atomic E-state index is 0.379. The zero-order valence-electron chi connectivity index (χ0n) is 13.3. The maximum atomic E-state index is 6.55. The van der Waals surface area contributed by atoms with E-state index in [1.165, 1.54) is 43.2 Å². The van der Waals surface area contributed by atoms with Crippen molar-refractivity contribution in [3.05, 3.63) is 11.8 Å². The van der Waals surface area contributed by atoms with E-state index in [9.17, 15) is 0 Å². The van der Waals surface area contributed by atoms with Crippen molar-refractivity contribution in [3.8, 4) is 0 Å². The molecule has 0 fully saturated rings. The lowest BCUT2D eigenvalue weighted by molar-refractivity contribution is 0.242. The van der Waals surface area contributed by atoms with Gasteiger partial charge in [-0.25, -0.2) is 0 Å². The van der Waals surface area contributed by atoms with Crippen LogP contribution in [0.15, 0.2) is 11.8 Å². The van der Waals surface area contributed by atoms with Gasteiger partial charge in [0.15, 0.2) is 0 Å². The second-order valence-corrected chi connectivity index (χ2v) is 11.5. The van der Waals surface area contributed by atoms with E-state index in [1.807, 2.05) is 0 Å². The highest BCUT2D eigenvalue weighted by molar-refractivity contribution is 6.73. The third-order valence-corrected chi connectivity index (χ3v) is 9.28. The fourth-order valence-electron chi connectivity index (χ4n) is 2.90. The molecule has 1 nitrogen and oxygen atoms in total. The molecule has 0 N–H and O–H groups in total. The summed E-state index contributed by atoms with van der Waals surface area (Å²) < 4.78 is 6.55. The van der Waals surface area contributed by atoms with Crippen molar-refractivity contribution in [2.75, 3.05) is 0 Å². The number of rotatable bonds is 5. The van der Waals surface area contributed by atoms with Gasteiger partial charge in [-0.15, -0.1) is 0 Å². The molecule has 0 radical (unpaired) electrons. The van der Waals surface area contributed by atoms with Gasteiger partial charge in [0.25, 0.3) is 0 Å². The van der Waals surface area contributed by atoms with Crippen molar-refractivity contribution in [2.45, 2.75) is 78.9 Å². The van der Waals surface area contributed by atoms with Crippen molar-refractivity contribution >= 4 is 8.32 Å². The van der Waals surface area contributed by atoms with Crippen LogP contribution in [0.1, 0.15) is 60.8 Å². The van der Waals surface area contributed by atoms with Crippen LogP contribution in [0, 0.1) is 11.3 Å². The molecule has 0 aromatic carbocycles. The standard InChI is InChI=1S/C16H32OSi/c1-7-18(8-2,9-3)17-15-12-10-11-14(13-15)16(4,5)6/h13-14H,7-12H2,1-6H3. The van der Waals surface area contributed by atoms with Crippen molar-refractivity contribution in [2.24, 2.45) is 11.3 Å². The minimum atomic E-state index is -1.46. The molecule has 106 valence electrons. The number of hydrogen-bond acceptors (Lipinski definition) is 1. The second kappa shape index (κ2) is 6.27. The summed E-state index contributed by atoms with van der Waals surface area (Å²) in [4.78, 5) is 0. The molecule has 18 heavy (non-hydrogen) atoms. The summed E-state index contributed by atoms with van der Waals surface area (Å²) in [7, 11) is -1.46. The summed E-state index contributed by atoms with van der Waals surface area (Å²) in [6, 6.07) is 3.74. The Hall–Kier alpha value is -0.243. The van der Waals surface area contributed by atoms with Crippen LogP contribution < -0.4 is 0 Å². The predicted molar refractivity (Wildman–Crippen MR) is 83.2 cm³/mol. The van der Waals surface area contributed by atoms with E-state index in [0.29, 0.717) is 11.3 Å². The fraction of sp³-hybridized carbons (Fsp3) is 0.875. The third-order valence-electron chi connectivity index (χ3n) is 4.72. The highest BCUT2D eigenvalue weighted by atomic mass is 28.4. The van der Waals surface area contributed by atoms with E-state index in [1.54, 1.807) is 0 Å². The van der Waals surface area contributed by atoms with Crippen LogP contribution in [0.3, 0.4) is 0 Å². The molecule has 1 rings (SSSR count). The lowest BCUT2D eigenvalue weighted by Crippen LogP contribution is -2.36. The summed E-state index contributed by atoms with van der Waals surface area (Å²) in [5.74, 6) is 2.01. The summed E-state index contributed by atoms with van der Waals surface area (Å²) in [6.45, 7) is 14.0. The summed E-state index contributed by atoms with van der Waals surface area (Å²) in [6.07, 6.45) is 6.25. The zero-order chi connectivity index (χ0) is 13.8. The van der Waals surface area contributed by atoms with E-state index < -0.39 is 8.32 Å². The van der Waals surface area contributed by atoms with Crippen LogP contribution >= 0.6 is 0 Å². The molecule has 1 aliphatic rings. The van der Waals surface area contributed by atoms with Crippen LogP contribution in [-0.2, 0) is 4.43 Å². The SMILES string of the molecule is CC[Si](CC)(CC)OC1=CC(C(C)(C)C)CCC1. The lowest BCUT2D eigenvalue weighted by atomic mass is 9.75. The highest BCUT2D eigenvalue weighted by Crippen LogP contribution is 2.38. The average Bonchev–Trinajstić information content (AvgIpc) is 2.35. The molecule has 1 unspecified atom stereocenters. The topological polar surface area (TPSA) is 9.23 Å². The van der Waals surface area contributed by atoms with Gasteiger partial charge < -0.3 is 4.43 Å². The molecule has 0 heterocycles. The molecule has 0 amide bonds. The van der Waals surface area contributed by atoms with Gasteiger partial charge in [0, 0.05) is 6.42 Å². The minimum Gasteiger partial charge on any atom is -0.547 e. The first kappa shape index (κ1) is 15.8. The van der Waals surface area contributed by atoms with Crippen LogP contribution in [0.25, 0.3) is 0 Å². The molecule has 0 aromatic heterocycles. The molecule has 0 saturated carbocycles. The normalized spacial score (nSPS) is 21.7. The van der Waals surface area contributed by atoms with E-state index in [2.05, 4.69) is 47.6 Å². The quantitative estimate of drug-likeness (QED) is 0.578. The Morgan fingerprint density at radius 3 is 2.17 bits per heavy atom. The first-order valence-electron chi connectivity index (χ1n) is 7.76. The highest BCUT2D eigenvalue weighted by Gasteiger charge is 2.33. The van der Waals surface area contributed by atoms with E-state index >= 15 is 0 Å². The van der Waals surface area contributed by atoms with Gasteiger partial charge in [-0.2, -0.15) is 0 Å². The lowest BCUT2D eigenvalue weighted by Gasteiger charge is -2.36. The van der Waals surface area contributed by atoms with Gasteiger partial charge in [-0.1, -0.05) is 41.5 Å². The fourth-order valence-corrected chi connectivity index (χ4v) is 5.56. The van der Waals surface area contributed by atoms with Crippen molar-refractivity contribution in [3.63, 3.8) is 0 Å². The molecule has 1 atom stereocenters. The smallest absolute Gasteiger partial charge is 0.250 e. The van der Waals surface area contributed by atoms with Crippen LogP contribution in [0.4, 0.5) is 0 Å².